The van der Waals surface area contributed by atoms with Gasteiger partial charge in [0.25, 0.3) is 5.91 Å². The van der Waals surface area contributed by atoms with Crippen molar-refractivity contribution in [2.24, 2.45) is 0 Å². The van der Waals surface area contributed by atoms with Crippen molar-refractivity contribution < 1.29 is 4.79 Å². The SMILES string of the molecule is CCNC(=O)c1ccc2c(Cl)c(-c3nn(C(C)(C)C)c4ncnc(N)c34)[nH]c2c1. The Hall–Kier alpha value is -3.13. The molecule has 8 nitrogen and oxygen atoms in total. The van der Waals surface area contributed by atoms with E-state index >= 15 is 0 Å². The average molecular weight is 412 g/mol. The van der Waals surface area contributed by atoms with Crippen molar-refractivity contribution in [2.45, 2.75) is 33.2 Å². The van der Waals surface area contributed by atoms with Crippen LogP contribution in [0.15, 0.2) is 24.5 Å². The van der Waals surface area contributed by atoms with Crippen molar-refractivity contribution in [1.82, 2.24) is 30.0 Å². The van der Waals surface area contributed by atoms with Gasteiger partial charge >= 0.3 is 0 Å². The van der Waals surface area contributed by atoms with Gasteiger partial charge in [0.1, 0.15) is 17.8 Å². The number of aromatic amines is 1. The van der Waals surface area contributed by atoms with Gasteiger partial charge in [-0.25, -0.2) is 14.6 Å². The molecule has 0 aliphatic carbocycles. The summed E-state index contributed by atoms with van der Waals surface area (Å²) in [7, 11) is 0. The molecule has 0 unspecified atom stereocenters. The zero-order chi connectivity index (χ0) is 20.9. The number of nitrogen functional groups attached to an aromatic ring is 1. The molecular formula is C20H22ClN7O. The fourth-order valence-corrected chi connectivity index (χ4v) is 3.65. The van der Waals surface area contributed by atoms with E-state index in [0.717, 1.165) is 10.9 Å². The molecule has 9 heteroatoms. The molecule has 0 aliphatic rings. The lowest BCUT2D eigenvalue weighted by molar-refractivity contribution is 0.0956. The topological polar surface area (TPSA) is 115 Å². The number of hydrogen-bond acceptors (Lipinski definition) is 5. The van der Waals surface area contributed by atoms with Gasteiger partial charge in [0.2, 0.25) is 0 Å². The van der Waals surface area contributed by atoms with Crippen LogP contribution in [0.3, 0.4) is 0 Å². The van der Waals surface area contributed by atoms with E-state index in [1.165, 1.54) is 6.33 Å². The summed E-state index contributed by atoms with van der Waals surface area (Å²) in [4.78, 5) is 24.0. The zero-order valence-corrected chi connectivity index (χ0v) is 17.4. The second-order valence-corrected chi connectivity index (χ2v) is 8.20. The van der Waals surface area contributed by atoms with Gasteiger partial charge in [0.05, 0.1) is 21.6 Å². The first-order valence-electron chi connectivity index (χ1n) is 9.31. The summed E-state index contributed by atoms with van der Waals surface area (Å²) >= 11 is 6.70. The molecule has 0 bridgehead atoms. The molecule has 0 spiro atoms. The molecule has 3 heterocycles. The number of nitrogens with zero attached hydrogens (tertiary/aromatic N) is 4. The summed E-state index contributed by atoms with van der Waals surface area (Å²) in [6.07, 6.45) is 1.43. The molecule has 0 radical (unpaired) electrons. The predicted octanol–water partition coefficient (Wildman–Crippen LogP) is 3.71. The number of aromatic nitrogens is 5. The van der Waals surface area contributed by atoms with Crippen molar-refractivity contribution in [2.75, 3.05) is 12.3 Å². The third-order valence-electron chi connectivity index (χ3n) is 4.70. The van der Waals surface area contributed by atoms with Crippen molar-refractivity contribution >= 4 is 45.3 Å². The van der Waals surface area contributed by atoms with Crippen LogP contribution in [-0.4, -0.2) is 37.2 Å². The van der Waals surface area contributed by atoms with Crippen molar-refractivity contribution in [3.8, 4) is 11.4 Å². The molecule has 0 fully saturated rings. The van der Waals surface area contributed by atoms with E-state index in [9.17, 15) is 4.79 Å². The first kappa shape index (κ1) is 19.2. The summed E-state index contributed by atoms with van der Waals surface area (Å²) in [5.41, 5.74) is 8.98. The number of hydrogen-bond donors (Lipinski definition) is 3. The van der Waals surface area contributed by atoms with Crippen LogP contribution in [0.25, 0.3) is 33.3 Å². The Labute approximate surface area is 172 Å². The molecule has 29 heavy (non-hydrogen) atoms. The molecule has 4 aromatic rings. The summed E-state index contributed by atoms with van der Waals surface area (Å²) in [5, 5.41) is 9.51. The monoisotopic (exact) mass is 411 g/mol. The van der Waals surface area contributed by atoms with E-state index in [2.05, 4.69) is 20.3 Å². The minimum Gasteiger partial charge on any atom is -0.383 e. The van der Waals surface area contributed by atoms with Crippen LogP contribution in [0.5, 0.6) is 0 Å². The molecule has 1 amide bonds. The smallest absolute Gasteiger partial charge is 0.251 e. The van der Waals surface area contributed by atoms with Gasteiger partial charge in [-0.05, 0) is 39.8 Å². The lowest BCUT2D eigenvalue weighted by Gasteiger charge is -2.19. The number of nitrogens with two attached hydrogens (primary N) is 1. The maximum Gasteiger partial charge on any atom is 0.251 e. The quantitative estimate of drug-likeness (QED) is 0.475. The molecule has 0 saturated heterocycles. The Morgan fingerprint density at radius 1 is 1.31 bits per heavy atom. The molecule has 1 aromatic carbocycles. The van der Waals surface area contributed by atoms with Gasteiger partial charge in [0, 0.05) is 23.0 Å². The van der Waals surface area contributed by atoms with E-state index < -0.39 is 0 Å². The number of H-pyrrole nitrogens is 1. The summed E-state index contributed by atoms with van der Waals surface area (Å²) in [5.74, 6) is 0.194. The maximum absolute atomic E-state index is 12.2. The zero-order valence-electron chi connectivity index (χ0n) is 16.7. The Balaban J connectivity index is 1.97. The summed E-state index contributed by atoms with van der Waals surface area (Å²) in [6, 6.07) is 5.35. The second-order valence-electron chi connectivity index (χ2n) is 7.82. The van der Waals surface area contributed by atoms with E-state index in [4.69, 9.17) is 22.4 Å². The number of halogens is 1. The van der Waals surface area contributed by atoms with Crippen LogP contribution in [0.1, 0.15) is 38.1 Å². The van der Waals surface area contributed by atoms with E-state index in [-0.39, 0.29) is 11.4 Å². The van der Waals surface area contributed by atoms with Crippen molar-refractivity contribution in [1.29, 1.82) is 0 Å². The number of nitrogens with one attached hydrogen (secondary N) is 2. The van der Waals surface area contributed by atoms with Crippen LogP contribution in [-0.2, 0) is 5.54 Å². The van der Waals surface area contributed by atoms with Gasteiger partial charge < -0.3 is 16.0 Å². The Morgan fingerprint density at radius 3 is 2.76 bits per heavy atom. The van der Waals surface area contributed by atoms with Crippen LogP contribution >= 0.6 is 11.6 Å². The fourth-order valence-electron chi connectivity index (χ4n) is 3.35. The number of carbonyl (C=O) groups is 1. The minimum atomic E-state index is -0.318. The molecule has 0 aliphatic heterocycles. The highest BCUT2D eigenvalue weighted by atomic mass is 35.5. The number of rotatable bonds is 3. The molecule has 3 aromatic heterocycles. The highest BCUT2D eigenvalue weighted by Crippen LogP contribution is 2.39. The van der Waals surface area contributed by atoms with E-state index in [1.54, 1.807) is 12.1 Å². The number of fused-ring (bicyclic) bond motifs is 2. The predicted molar refractivity (Wildman–Crippen MR) is 115 cm³/mol. The van der Waals surface area contributed by atoms with Crippen LogP contribution < -0.4 is 11.1 Å². The average Bonchev–Trinajstić information content (AvgIpc) is 3.20. The maximum atomic E-state index is 12.2. The normalized spacial score (nSPS) is 12.0. The third kappa shape index (κ3) is 3.09. The third-order valence-corrected chi connectivity index (χ3v) is 5.09. The molecule has 0 saturated carbocycles. The van der Waals surface area contributed by atoms with Crippen LogP contribution in [0.2, 0.25) is 5.02 Å². The molecule has 4 N–H and O–H groups in total. The van der Waals surface area contributed by atoms with Gasteiger partial charge in [-0.15, -0.1) is 0 Å². The minimum absolute atomic E-state index is 0.137. The second kappa shape index (κ2) is 6.73. The van der Waals surface area contributed by atoms with Gasteiger partial charge in [-0.3, -0.25) is 4.79 Å². The van der Waals surface area contributed by atoms with Crippen molar-refractivity contribution in [3.05, 3.63) is 35.1 Å². The Morgan fingerprint density at radius 2 is 2.07 bits per heavy atom. The highest BCUT2D eigenvalue weighted by Gasteiger charge is 2.26. The first-order valence-corrected chi connectivity index (χ1v) is 9.69. The highest BCUT2D eigenvalue weighted by molar-refractivity contribution is 6.38. The Bertz CT molecular complexity index is 1250. The van der Waals surface area contributed by atoms with Crippen LogP contribution in [0.4, 0.5) is 5.82 Å². The number of anilines is 1. The summed E-state index contributed by atoms with van der Waals surface area (Å²) < 4.78 is 1.82. The van der Waals surface area contributed by atoms with Gasteiger partial charge in [-0.1, -0.05) is 17.7 Å². The van der Waals surface area contributed by atoms with Gasteiger partial charge in [-0.2, -0.15) is 5.10 Å². The Kier molecular flexibility index (Phi) is 4.46. The molecule has 150 valence electrons. The lowest BCUT2D eigenvalue weighted by Crippen LogP contribution is -2.23. The largest absolute Gasteiger partial charge is 0.383 e. The lowest BCUT2D eigenvalue weighted by atomic mass is 10.1. The number of carbonyl (C=O) groups excluding carboxylic acids is 1. The van der Waals surface area contributed by atoms with Crippen LogP contribution in [0, 0.1) is 0 Å². The molecular weight excluding hydrogens is 390 g/mol. The van der Waals surface area contributed by atoms with Crippen molar-refractivity contribution in [3.63, 3.8) is 0 Å². The van der Waals surface area contributed by atoms with E-state index in [0.29, 0.717) is 45.4 Å². The summed E-state index contributed by atoms with van der Waals surface area (Å²) in [6.45, 7) is 8.54. The number of amides is 1. The fraction of sp³-hybridized carbons (Fsp3) is 0.300. The van der Waals surface area contributed by atoms with Gasteiger partial charge in [0.15, 0.2) is 5.65 Å². The molecule has 0 atom stereocenters. The first-order chi connectivity index (χ1) is 13.7. The number of benzene rings is 1. The standard InChI is InChI=1S/C20H22ClN7O/c1-5-23-19(29)10-6-7-11-12(8-10)26-16(14(11)21)15-13-17(22)24-9-25-18(13)28(27-15)20(2,3)4/h6-9,26H,5H2,1-4H3,(H,23,29)(H2,22,24,25). The molecule has 4 rings (SSSR count). The van der Waals surface area contributed by atoms with E-state index in [1.807, 2.05) is 38.4 Å².